The molecule has 0 aliphatic carbocycles. The molecule has 1 heterocycles. The Hall–Kier alpha value is -2.79. The Morgan fingerprint density at radius 3 is 2.15 bits per heavy atom. The molecule has 0 spiro atoms. The van der Waals surface area contributed by atoms with E-state index in [2.05, 4.69) is 0 Å². The zero-order chi connectivity index (χ0) is 19.0. The Labute approximate surface area is 157 Å². The van der Waals surface area contributed by atoms with Crippen LogP contribution in [0.2, 0.25) is 5.02 Å². The van der Waals surface area contributed by atoms with Crippen LogP contribution in [0, 0.1) is 0 Å². The number of nitrogens with zero attached hydrogens (tertiary/aromatic N) is 2. The first-order valence-electron chi connectivity index (χ1n) is 8.09. The maximum absolute atomic E-state index is 12.5. The number of amides is 1. The number of aliphatic hydroxyl groups is 1. The smallest absolute Gasteiger partial charge is 0.295 e. The van der Waals surface area contributed by atoms with Crippen LogP contribution < -0.4 is 4.90 Å². The summed E-state index contributed by atoms with van der Waals surface area (Å²) in [6, 6.07) is 13.4. The van der Waals surface area contributed by atoms with Gasteiger partial charge in [0.2, 0.25) is 0 Å². The van der Waals surface area contributed by atoms with Gasteiger partial charge in [0.25, 0.3) is 11.7 Å². The molecule has 6 heteroatoms. The van der Waals surface area contributed by atoms with Crippen LogP contribution in [-0.2, 0) is 9.59 Å². The number of rotatable bonds is 3. The van der Waals surface area contributed by atoms with Gasteiger partial charge in [-0.05, 0) is 42.0 Å². The highest BCUT2D eigenvalue weighted by Gasteiger charge is 2.44. The summed E-state index contributed by atoms with van der Waals surface area (Å²) in [6.07, 6.45) is 0. The number of aliphatic hydroxyl groups excluding tert-OH is 1. The van der Waals surface area contributed by atoms with Crippen LogP contribution in [0.25, 0.3) is 5.76 Å². The van der Waals surface area contributed by atoms with Crippen molar-refractivity contribution in [3.8, 4) is 0 Å². The number of ketones is 1. The first-order chi connectivity index (χ1) is 12.3. The zero-order valence-electron chi connectivity index (χ0n) is 14.7. The number of likely N-dealkylation sites (tertiary alicyclic amines) is 1. The van der Waals surface area contributed by atoms with Gasteiger partial charge in [-0.3, -0.25) is 9.59 Å². The number of Topliss-reactive ketones (excluding diaryl/α,β-unsaturated/α-hetero) is 1. The largest absolute Gasteiger partial charge is 0.507 e. The fourth-order valence-corrected chi connectivity index (χ4v) is 3.18. The molecule has 1 aliphatic rings. The molecule has 2 aromatic carbocycles. The SMILES string of the molecule is CN(C)c1ccc(C2/C(=C(/O)c3ccc(Cl)cc3)C(=O)C(=O)N2C)cc1. The topological polar surface area (TPSA) is 60.9 Å². The van der Waals surface area contributed by atoms with Gasteiger partial charge in [-0.2, -0.15) is 0 Å². The molecule has 134 valence electrons. The number of anilines is 1. The lowest BCUT2D eigenvalue weighted by Crippen LogP contribution is -2.24. The van der Waals surface area contributed by atoms with E-state index in [0.29, 0.717) is 10.6 Å². The molecule has 1 unspecified atom stereocenters. The van der Waals surface area contributed by atoms with Gasteiger partial charge in [0.1, 0.15) is 5.76 Å². The molecule has 2 aromatic rings. The molecule has 3 rings (SSSR count). The number of hydrogen-bond donors (Lipinski definition) is 1. The third kappa shape index (κ3) is 3.06. The van der Waals surface area contributed by atoms with E-state index in [0.717, 1.165) is 11.3 Å². The van der Waals surface area contributed by atoms with Crippen molar-refractivity contribution in [2.75, 3.05) is 26.0 Å². The van der Waals surface area contributed by atoms with Crippen LogP contribution in [0.5, 0.6) is 0 Å². The molecule has 1 saturated heterocycles. The lowest BCUT2D eigenvalue weighted by Gasteiger charge is -2.22. The fraction of sp³-hybridized carbons (Fsp3) is 0.200. The maximum atomic E-state index is 12.5. The van der Waals surface area contributed by atoms with Gasteiger partial charge >= 0.3 is 0 Å². The summed E-state index contributed by atoms with van der Waals surface area (Å²) < 4.78 is 0. The summed E-state index contributed by atoms with van der Waals surface area (Å²) in [5.41, 5.74) is 2.28. The van der Waals surface area contributed by atoms with E-state index < -0.39 is 17.7 Å². The molecule has 0 aromatic heterocycles. The summed E-state index contributed by atoms with van der Waals surface area (Å²) in [7, 11) is 5.43. The molecule has 1 aliphatic heterocycles. The van der Waals surface area contributed by atoms with Crippen LogP contribution in [0.15, 0.2) is 54.1 Å². The quantitative estimate of drug-likeness (QED) is 0.510. The van der Waals surface area contributed by atoms with Crippen molar-refractivity contribution < 1.29 is 14.7 Å². The van der Waals surface area contributed by atoms with E-state index in [4.69, 9.17) is 11.6 Å². The molecular formula is C20H19ClN2O3. The van der Waals surface area contributed by atoms with Gasteiger partial charge in [-0.25, -0.2) is 0 Å². The monoisotopic (exact) mass is 370 g/mol. The molecule has 26 heavy (non-hydrogen) atoms. The van der Waals surface area contributed by atoms with Crippen LogP contribution in [0.4, 0.5) is 5.69 Å². The predicted molar refractivity (Wildman–Crippen MR) is 102 cm³/mol. The molecule has 1 N–H and O–H groups in total. The second-order valence-corrected chi connectivity index (χ2v) is 6.84. The Kier molecular flexibility index (Phi) is 4.74. The standard InChI is InChI=1S/C20H19ClN2O3/c1-22(2)15-10-6-12(7-11-15)17-16(19(25)20(26)23(17)3)18(24)13-4-8-14(21)9-5-13/h4-11,17,24H,1-3H3/b18-16-. The Bertz CT molecular complexity index is 886. The number of carbonyl (C=O) groups excluding carboxylic acids is 2. The van der Waals surface area contributed by atoms with Crippen LogP contribution >= 0.6 is 11.6 Å². The summed E-state index contributed by atoms with van der Waals surface area (Å²) in [5, 5.41) is 11.2. The second-order valence-electron chi connectivity index (χ2n) is 6.40. The van der Waals surface area contributed by atoms with Crippen molar-refractivity contribution in [2.45, 2.75) is 6.04 Å². The molecule has 0 radical (unpaired) electrons. The van der Waals surface area contributed by atoms with E-state index in [1.165, 1.54) is 4.90 Å². The van der Waals surface area contributed by atoms with Crippen LogP contribution in [0.1, 0.15) is 17.2 Å². The van der Waals surface area contributed by atoms with Gasteiger partial charge in [-0.1, -0.05) is 23.7 Å². The van der Waals surface area contributed by atoms with E-state index in [9.17, 15) is 14.7 Å². The Morgan fingerprint density at radius 1 is 1.04 bits per heavy atom. The van der Waals surface area contributed by atoms with Crippen LogP contribution in [-0.4, -0.2) is 42.8 Å². The second kappa shape index (κ2) is 6.84. The van der Waals surface area contributed by atoms with Crippen molar-refractivity contribution in [1.29, 1.82) is 0 Å². The predicted octanol–water partition coefficient (Wildman–Crippen LogP) is 3.46. The normalized spacial score (nSPS) is 19.1. The molecular weight excluding hydrogens is 352 g/mol. The van der Waals surface area contributed by atoms with Crippen molar-refractivity contribution in [2.24, 2.45) is 0 Å². The molecule has 1 amide bonds. The number of likely N-dealkylation sites (N-methyl/N-ethyl adjacent to an activating group) is 1. The molecule has 5 nitrogen and oxygen atoms in total. The number of hydrogen-bond acceptors (Lipinski definition) is 4. The summed E-state index contributed by atoms with van der Waals surface area (Å²) >= 11 is 5.88. The average Bonchev–Trinajstić information content (AvgIpc) is 2.86. The number of benzene rings is 2. The molecule has 0 bridgehead atoms. The third-order valence-electron chi connectivity index (χ3n) is 4.52. The zero-order valence-corrected chi connectivity index (χ0v) is 15.5. The molecule has 1 atom stereocenters. The minimum atomic E-state index is -0.693. The maximum Gasteiger partial charge on any atom is 0.295 e. The van der Waals surface area contributed by atoms with Gasteiger partial charge < -0.3 is 14.9 Å². The van der Waals surface area contributed by atoms with E-state index in [1.807, 2.05) is 43.3 Å². The van der Waals surface area contributed by atoms with Crippen molar-refractivity contribution in [3.63, 3.8) is 0 Å². The Balaban J connectivity index is 2.11. The van der Waals surface area contributed by atoms with Gasteiger partial charge in [0.15, 0.2) is 0 Å². The van der Waals surface area contributed by atoms with Gasteiger partial charge in [0, 0.05) is 37.4 Å². The highest BCUT2D eigenvalue weighted by atomic mass is 35.5. The summed E-state index contributed by atoms with van der Waals surface area (Å²) in [4.78, 5) is 28.1. The minimum Gasteiger partial charge on any atom is -0.507 e. The average molecular weight is 371 g/mol. The lowest BCUT2D eigenvalue weighted by atomic mass is 9.95. The summed E-state index contributed by atoms with van der Waals surface area (Å²) in [6.45, 7) is 0. The lowest BCUT2D eigenvalue weighted by molar-refractivity contribution is -0.139. The third-order valence-corrected chi connectivity index (χ3v) is 4.77. The highest BCUT2D eigenvalue weighted by molar-refractivity contribution is 6.46. The fourth-order valence-electron chi connectivity index (χ4n) is 3.06. The number of carbonyl (C=O) groups is 2. The minimum absolute atomic E-state index is 0.0809. The van der Waals surface area contributed by atoms with Crippen molar-refractivity contribution >= 4 is 34.7 Å². The van der Waals surface area contributed by atoms with Crippen molar-refractivity contribution in [3.05, 3.63) is 70.3 Å². The highest BCUT2D eigenvalue weighted by Crippen LogP contribution is 2.38. The van der Waals surface area contributed by atoms with E-state index >= 15 is 0 Å². The number of halogens is 1. The van der Waals surface area contributed by atoms with Crippen LogP contribution in [0.3, 0.4) is 0 Å². The first kappa shape index (κ1) is 18.0. The Morgan fingerprint density at radius 2 is 1.62 bits per heavy atom. The van der Waals surface area contributed by atoms with Gasteiger partial charge in [0.05, 0.1) is 11.6 Å². The van der Waals surface area contributed by atoms with Gasteiger partial charge in [-0.15, -0.1) is 0 Å². The van der Waals surface area contributed by atoms with E-state index in [-0.39, 0.29) is 11.3 Å². The molecule has 0 saturated carbocycles. The first-order valence-corrected chi connectivity index (χ1v) is 8.47. The molecule has 1 fully saturated rings. The van der Waals surface area contributed by atoms with Crippen molar-refractivity contribution in [1.82, 2.24) is 4.90 Å². The summed E-state index contributed by atoms with van der Waals surface area (Å²) in [5.74, 6) is -1.53. The van der Waals surface area contributed by atoms with E-state index in [1.54, 1.807) is 31.3 Å².